The number of rotatable bonds is 9. The molecule has 4 heterocycles. The highest BCUT2D eigenvalue weighted by Gasteiger charge is 2.53. The van der Waals surface area contributed by atoms with Gasteiger partial charge >= 0.3 is 0 Å². The van der Waals surface area contributed by atoms with Gasteiger partial charge in [-0.3, -0.25) is 19.3 Å². The number of halogens is 1. The fraction of sp³-hybridized carbons (Fsp3) is 0.636. The summed E-state index contributed by atoms with van der Waals surface area (Å²) in [6, 6.07) is 7.35. The first kappa shape index (κ1) is 33.0. The van der Waals surface area contributed by atoms with Crippen LogP contribution in [-0.4, -0.2) is 86.5 Å². The molecule has 9 nitrogen and oxygen atoms in total. The highest BCUT2D eigenvalue weighted by molar-refractivity contribution is 6.00. The molecule has 1 N–H and O–H groups in total. The second-order valence-electron chi connectivity index (χ2n) is 12.9. The number of hydrogen-bond donors (Lipinski definition) is 1. The third-order valence-corrected chi connectivity index (χ3v) is 9.51. The molecule has 1 atom stereocenters. The van der Waals surface area contributed by atoms with E-state index >= 15 is 0 Å². The predicted molar refractivity (Wildman–Crippen MR) is 171 cm³/mol. The van der Waals surface area contributed by atoms with Crippen molar-refractivity contribution in [2.75, 3.05) is 32.7 Å². The summed E-state index contributed by atoms with van der Waals surface area (Å²) in [7, 11) is 0. The zero-order valence-corrected chi connectivity index (χ0v) is 27.3. The number of nitrogens with one attached hydrogen (secondary N) is 1. The molecule has 1 spiro atoms. The Morgan fingerprint density at radius 3 is 2.30 bits per heavy atom. The number of carbonyl (C=O) groups excluding carboxylic acids is 3. The van der Waals surface area contributed by atoms with E-state index in [4.69, 9.17) is 5.10 Å². The van der Waals surface area contributed by atoms with Crippen molar-refractivity contribution in [2.45, 2.75) is 97.7 Å². The zero-order chi connectivity index (χ0) is 30.0. The second kappa shape index (κ2) is 13.8. The molecule has 0 bridgehead atoms. The van der Waals surface area contributed by atoms with E-state index in [0.29, 0.717) is 31.7 Å². The van der Waals surface area contributed by atoms with Gasteiger partial charge in [0.25, 0.3) is 5.91 Å². The van der Waals surface area contributed by atoms with Gasteiger partial charge in [0.15, 0.2) is 0 Å². The first-order valence-electron chi connectivity index (χ1n) is 15.9. The maximum absolute atomic E-state index is 13.6. The highest BCUT2D eigenvalue weighted by Crippen LogP contribution is 2.35. The number of aromatic nitrogens is 2. The summed E-state index contributed by atoms with van der Waals surface area (Å²) in [5, 5.41) is 7.97. The smallest absolute Gasteiger partial charge is 0.253 e. The molecule has 3 fully saturated rings. The number of amides is 3. The summed E-state index contributed by atoms with van der Waals surface area (Å²) < 4.78 is 1.97. The molecule has 0 aliphatic carbocycles. The van der Waals surface area contributed by atoms with Crippen LogP contribution in [-0.2, 0) is 16.1 Å². The van der Waals surface area contributed by atoms with Crippen LogP contribution in [0.25, 0.3) is 5.69 Å². The quantitative estimate of drug-likeness (QED) is 0.445. The first-order chi connectivity index (χ1) is 20.1. The number of nitrogens with zero attached hydrogens (tertiary/aromatic N) is 5. The van der Waals surface area contributed by atoms with Gasteiger partial charge in [-0.15, -0.1) is 12.4 Å². The van der Waals surface area contributed by atoms with Crippen LogP contribution in [0.5, 0.6) is 0 Å². The van der Waals surface area contributed by atoms with Crippen molar-refractivity contribution in [2.24, 2.45) is 5.92 Å². The van der Waals surface area contributed by atoms with Crippen LogP contribution >= 0.6 is 12.4 Å². The summed E-state index contributed by atoms with van der Waals surface area (Å²) in [6.07, 6.45) is 6.01. The summed E-state index contributed by atoms with van der Waals surface area (Å²) in [6.45, 7) is 15.0. The Morgan fingerprint density at radius 1 is 1.05 bits per heavy atom. The molecule has 5 rings (SSSR count). The number of benzene rings is 1. The largest absolute Gasteiger partial charge is 0.342 e. The van der Waals surface area contributed by atoms with E-state index in [-0.39, 0.29) is 30.1 Å². The molecule has 3 saturated heterocycles. The van der Waals surface area contributed by atoms with Crippen LogP contribution in [0.4, 0.5) is 0 Å². The highest BCUT2D eigenvalue weighted by atomic mass is 35.5. The molecule has 2 aromatic rings. The molecule has 236 valence electrons. The lowest BCUT2D eigenvalue weighted by Gasteiger charge is -2.52. The van der Waals surface area contributed by atoms with Crippen molar-refractivity contribution < 1.29 is 14.4 Å². The summed E-state index contributed by atoms with van der Waals surface area (Å²) in [5.74, 6) is 0.556. The molecular formula is C33H49ClN6O3. The lowest BCUT2D eigenvalue weighted by Crippen LogP contribution is -2.73. The van der Waals surface area contributed by atoms with Crippen molar-refractivity contribution in [3.63, 3.8) is 0 Å². The fourth-order valence-corrected chi connectivity index (χ4v) is 6.95. The summed E-state index contributed by atoms with van der Waals surface area (Å²) in [4.78, 5) is 46.2. The number of likely N-dealkylation sites (tertiary alicyclic amines) is 2. The third-order valence-electron chi connectivity index (χ3n) is 9.51. The van der Waals surface area contributed by atoms with Gasteiger partial charge < -0.3 is 15.1 Å². The van der Waals surface area contributed by atoms with E-state index < -0.39 is 11.6 Å². The van der Waals surface area contributed by atoms with E-state index in [9.17, 15) is 14.4 Å². The third kappa shape index (κ3) is 6.63. The van der Waals surface area contributed by atoms with Crippen LogP contribution in [0.3, 0.4) is 0 Å². The molecule has 0 radical (unpaired) electrons. The number of piperazine rings is 1. The second-order valence-corrected chi connectivity index (χ2v) is 12.9. The van der Waals surface area contributed by atoms with E-state index in [0.717, 1.165) is 81.0 Å². The van der Waals surface area contributed by atoms with Crippen molar-refractivity contribution >= 4 is 30.1 Å². The maximum Gasteiger partial charge on any atom is 0.253 e. The van der Waals surface area contributed by atoms with Gasteiger partial charge in [0, 0.05) is 56.1 Å². The van der Waals surface area contributed by atoms with Crippen molar-refractivity contribution in [3.05, 3.63) is 46.8 Å². The van der Waals surface area contributed by atoms with E-state index in [1.54, 1.807) is 0 Å². The topological polar surface area (TPSA) is 90.8 Å². The monoisotopic (exact) mass is 612 g/mol. The molecule has 3 amide bonds. The van der Waals surface area contributed by atoms with Crippen LogP contribution in [0.2, 0.25) is 0 Å². The molecule has 3 aliphatic rings. The molecule has 43 heavy (non-hydrogen) atoms. The standard InChI is InChI=1S/C33H48N6O3.ClH/c1-6-7-18-38-31(41)29(21-23(2)3)34-32(42)33(38)14-19-36(20-15-33)22-28-24(4)35-39(25(28)5)27-12-10-26(11-13-27)30(40)37-16-8-9-17-37;/h10-13,23,29H,6-9,14-22H2,1-5H3,(H,34,42);1H/t29-;/m0./s1. The SMILES string of the molecule is CCCCN1C(=O)[C@H](CC(C)C)NC(=O)C12CCN(Cc1c(C)nn(-c3ccc(C(=O)N4CCCC4)cc3)c1C)CC2.Cl. The lowest BCUT2D eigenvalue weighted by molar-refractivity contribution is -0.161. The van der Waals surface area contributed by atoms with E-state index in [1.165, 1.54) is 5.56 Å². The molecule has 0 unspecified atom stereocenters. The average molecular weight is 613 g/mol. The molecule has 0 saturated carbocycles. The van der Waals surface area contributed by atoms with Gasteiger partial charge in [0.2, 0.25) is 11.8 Å². The van der Waals surface area contributed by atoms with Gasteiger partial charge in [-0.25, -0.2) is 4.68 Å². The molecule has 1 aromatic heterocycles. The predicted octanol–water partition coefficient (Wildman–Crippen LogP) is 4.65. The zero-order valence-electron chi connectivity index (χ0n) is 26.5. The molecule has 10 heteroatoms. The van der Waals surface area contributed by atoms with Crippen LogP contribution < -0.4 is 5.32 Å². The van der Waals surface area contributed by atoms with Crippen LogP contribution in [0, 0.1) is 19.8 Å². The minimum absolute atomic E-state index is 0. The van der Waals surface area contributed by atoms with Crippen molar-refractivity contribution in [3.8, 4) is 5.69 Å². The molecule has 1 aromatic carbocycles. The van der Waals surface area contributed by atoms with Crippen LogP contribution in [0.15, 0.2) is 24.3 Å². The number of unbranched alkanes of at least 4 members (excludes halogenated alkanes) is 1. The fourth-order valence-electron chi connectivity index (χ4n) is 6.95. The minimum atomic E-state index is -0.751. The Balaban J connectivity index is 0.00000423. The van der Waals surface area contributed by atoms with Gasteiger partial charge in [-0.05, 0) is 82.6 Å². The van der Waals surface area contributed by atoms with Gasteiger partial charge in [0.1, 0.15) is 11.6 Å². The van der Waals surface area contributed by atoms with E-state index in [1.807, 2.05) is 45.7 Å². The minimum Gasteiger partial charge on any atom is -0.342 e. The number of aryl methyl sites for hydroxylation is 1. The number of piperidine rings is 1. The average Bonchev–Trinajstić information content (AvgIpc) is 3.61. The van der Waals surface area contributed by atoms with Crippen LogP contribution in [0.1, 0.15) is 93.0 Å². The Hall–Kier alpha value is -2.91. The van der Waals surface area contributed by atoms with Crippen molar-refractivity contribution in [1.29, 1.82) is 0 Å². The van der Waals surface area contributed by atoms with Crippen molar-refractivity contribution in [1.82, 2.24) is 29.8 Å². The maximum atomic E-state index is 13.6. The van der Waals surface area contributed by atoms with E-state index in [2.05, 4.69) is 37.9 Å². The molecular weight excluding hydrogens is 564 g/mol. The van der Waals surface area contributed by atoms with Gasteiger partial charge in [-0.2, -0.15) is 5.10 Å². The Morgan fingerprint density at radius 2 is 1.70 bits per heavy atom. The molecule has 3 aliphatic heterocycles. The first-order valence-corrected chi connectivity index (χ1v) is 15.9. The summed E-state index contributed by atoms with van der Waals surface area (Å²) >= 11 is 0. The normalized spacial score (nSPS) is 20.6. The lowest BCUT2D eigenvalue weighted by atomic mass is 9.80. The van der Waals surface area contributed by atoms with Gasteiger partial charge in [0.05, 0.1) is 11.4 Å². The Kier molecular flexibility index (Phi) is 10.6. The summed E-state index contributed by atoms with van der Waals surface area (Å²) in [5.41, 5.74) is 4.16. The number of hydrogen-bond acceptors (Lipinski definition) is 5. The number of carbonyl (C=O) groups is 3. The van der Waals surface area contributed by atoms with Gasteiger partial charge in [-0.1, -0.05) is 27.2 Å². The Bertz CT molecular complexity index is 1290. The Labute approximate surface area is 262 Å².